The van der Waals surface area contributed by atoms with Gasteiger partial charge in [-0.15, -0.1) is 11.3 Å². The molecule has 0 saturated heterocycles. The number of carbonyl (C=O) groups is 2. The molecule has 2 amide bonds. The second-order valence-electron chi connectivity index (χ2n) is 4.68. The Kier molecular flexibility index (Phi) is 4.54. The molecule has 110 valence electrons. The maximum Gasteiger partial charge on any atom is 0.253 e. The molecule has 0 spiro atoms. The number of hydrogen-bond acceptors (Lipinski definition) is 5. The molecule has 21 heavy (non-hydrogen) atoms. The van der Waals surface area contributed by atoms with Gasteiger partial charge in [-0.2, -0.15) is 0 Å². The lowest BCUT2D eigenvalue weighted by Crippen LogP contribution is -2.21. The summed E-state index contributed by atoms with van der Waals surface area (Å²) in [5, 5.41) is 4.96. The van der Waals surface area contributed by atoms with E-state index in [1.807, 2.05) is 0 Å². The van der Waals surface area contributed by atoms with Crippen LogP contribution in [-0.4, -0.2) is 35.8 Å². The molecule has 6 nitrogen and oxygen atoms in total. The van der Waals surface area contributed by atoms with E-state index in [1.54, 1.807) is 43.7 Å². The van der Waals surface area contributed by atoms with Gasteiger partial charge in [-0.25, -0.2) is 4.98 Å². The molecular weight excluding hydrogens is 288 g/mol. The van der Waals surface area contributed by atoms with Crippen LogP contribution in [0.2, 0.25) is 0 Å². The molecule has 3 N–H and O–H groups in total. The number of amides is 2. The van der Waals surface area contributed by atoms with Gasteiger partial charge in [-0.1, -0.05) is 0 Å². The van der Waals surface area contributed by atoms with Crippen LogP contribution in [0.5, 0.6) is 0 Å². The lowest BCUT2D eigenvalue weighted by molar-refractivity contribution is -0.115. The van der Waals surface area contributed by atoms with E-state index in [1.165, 1.54) is 16.2 Å². The number of nitrogens with two attached hydrogens (primary N) is 1. The molecule has 0 unspecified atom stereocenters. The lowest BCUT2D eigenvalue weighted by Gasteiger charge is -2.10. The summed E-state index contributed by atoms with van der Waals surface area (Å²) in [6.07, 6.45) is 0.173. The number of anilines is 2. The lowest BCUT2D eigenvalue weighted by atomic mass is 10.2. The maximum absolute atomic E-state index is 11.9. The highest BCUT2D eigenvalue weighted by atomic mass is 32.1. The minimum atomic E-state index is -0.174. The molecule has 0 bridgehead atoms. The van der Waals surface area contributed by atoms with Crippen molar-refractivity contribution in [2.75, 3.05) is 25.1 Å². The average Bonchev–Trinajstić information content (AvgIpc) is 2.83. The third-order valence-corrected chi connectivity index (χ3v) is 3.46. The summed E-state index contributed by atoms with van der Waals surface area (Å²) in [6.45, 7) is 0. The molecular formula is C14H16N4O2S. The molecule has 0 atom stereocenters. The van der Waals surface area contributed by atoms with Crippen LogP contribution in [0.4, 0.5) is 10.8 Å². The Balaban J connectivity index is 1.97. The predicted molar refractivity (Wildman–Crippen MR) is 83.3 cm³/mol. The van der Waals surface area contributed by atoms with Gasteiger partial charge in [0.1, 0.15) is 0 Å². The summed E-state index contributed by atoms with van der Waals surface area (Å²) in [4.78, 5) is 29.1. The highest BCUT2D eigenvalue weighted by Crippen LogP contribution is 2.14. The fourth-order valence-corrected chi connectivity index (χ4v) is 2.29. The Hall–Kier alpha value is -2.41. The Labute approximate surface area is 126 Å². The van der Waals surface area contributed by atoms with Gasteiger partial charge in [0, 0.05) is 30.7 Å². The van der Waals surface area contributed by atoms with E-state index >= 15 is 0 Å². The SMILES string of the molecule is CN(C)C(=O)c1ccc(NC(=O)Cc2csc(N)n2)cc1. The zero-order valence-electron chi connectivity index (χ0n) is 11.8. The van der Waals surface area contributed by atoms with Crippen molar-refractivity contribution in [3.05, 3.63) is 40.9 Å². The molecule has 0 saturated carbocycles. The van der Waals surface area contributed by atoms with Crippen LogP contribution >= 0.6 is 11.3 Å². The fourth-order valence-electron chi connectivity index (χ4n) is 1.73. The molecule has 7 heteroatoms. The second kappa shape index (κ2) is 6.36. The van der Waals surface area contributed by atoms with Crippen molar-refractivity contribution in [1.29, 1.82) is 0 Å². The van der Waals surface area contributed by atoms with E-state index in [0.29, 0.717) is 22.1 Å². The average molecular weight is 304 g/mol. The summed E-state index contributed by atoms with van der Waals surface area (Å²) < 4.78 is 0. The topological polar surface area (TPSA) is 88.3 Å². The Morgan fingerprint density at radius 3 is 2.48 bits per heavy atom. The van der Waals surface area contributed by atoms with Crippen LogP contribution < -0.4 is 11.1 Å². The molecule has 1 aromatic heterocycles. The highest BCUT2D eigenvalue weighted by molar-refractivity contribution is 7.13. The predicted octanol–water partition coefficient (Wildman–Crippen LogP) is 1.61. The van der Waals surface area contributed by atoms with Gasteiger partial charge in [-0.3, -0.25) is 9.59 Å². The van der Waals surface area contributed by atoms with Gasteiger partial charge < -0.3 is 16.0 Å². The monoisotopic (exact) mass is 304 g/mol. The number of nitrogens with zero attached hydrogens (tertiary/aromatic N) is 2. The Bertz CT molecular complexity index is 649. The first-order chi connectivity index (χ1) is 9.95. The van der Waals surface area contributed by atoms with Gasteiger partial charge in [0.25, 0.3) is 5.91 Å². The first-order valence-electron chi connectivity index (χ1n) is 6.27. The van der Waals surface area contributed by atoms with Crippen LogP contribution in [0.1, 0.15) is 16.1 Å². The standard InChI is InChI=1S/C14H16N4O2S/c1-18(2)13(20)9-3-5-10(6-4-9)16-12(19)7-11-8-21-14(15)17-11/h3-6,8H,7H2,1-2H3,(H2,15,17)(H,16,19). The van der Waals surface area contributed by atoms with Gasteiger partial charge in [0.05, 0.1) is 12.1 Å². The number of thiazole rings is 1. The minimum absolute atomic E-state index is 0.0779. The van der Waals surface area contributed by atoms with E-state index in [9.17, 15) is 9.59 Å². The molecule has 2 aromatic rings. The van der Waals surface area contributed by atoms with Crippen molar-refractivity contribution >= 4 is 34.0 Å². The van der Waals surface area contributed by atoms with Gasteiger partial charge >= 0.3 is 0 Å². The third kappa shape index (κ3) is 4.03. The molecule has 1 aromatic carbocycles. The summed E-state index contributed by atoms with van der Waals surface area (Å²) in [5.41, 5.74) is 7.38. The van der Waals surface area contributed by atoms with Gasteiger partial charge in [0.15, 0.2) is 5.13 Å². The molecule has 0 radical (unpaired) electrons. The molecule has 2 rings (SSSR count). The van der Waals surface area contributed by atoms with E-state index in [-0.39, 0.29) is 18.2 Å². The smallest absolute Gasteiger partial charge is 0.253 e. The van der Waals surface area contributed by atoms with Gasteiger partial charge in [0.2, 0.25) is 5.91 Å². The Morgan fingerprint density at radius 2 is 1.95 bits per heavy atom. The number of hydrogen-bond donors (Lipinski definition) is 2. The van der Waals surface area contributed by atoms with Crippen molar-refractivity contribution in [3.8, 4) is 0 Å². The van der Waals surface area contributed by atoms with Crippen molar-refractivity contribution < 1.29 is 9.59 Å². The number of benzene rings is 1. The number of nitrogens with one attached hydrogen (secondary N) is 1. The van der Waals surface area contributed by atoms with Crippen molar-refractivity contribution in [1.82, 2.24) is 9.88 Å². The van der Waals surface area contributed by atoms with Crippen molar-refractivity contribution in [2.45, 2.75) is 6.42 Å². The molecule has 0 aliphatic heterocycles. The van der Waals surface area contributed by atoms with Crippen LogP contribution in [0.15, 0.2) is 29.6 Å². The number of nitrogen functional groups attached to an aromatic ring is 1. The summed E-state index contributed by atoms with van der Waals surface area (Å²) >= 11 is 1.31. The molecule has 0 aliphatic rings. The Morgan fingerprint density at radius 1 is 1.29 bits per heavy atom. The van der Waals surface area contributed by atoms with Crippen LogP contribution in [-0.2, 0) is 11.2 Å². The first-order valence-corrected chi connectivity index (χ1v) is 7.15. The van der Waals surface area contributed by atoms with Crippen LogP contribution in [0, 0.1) is 0 Å². The van der Waals surface area contributed by atoms with Crippen molar-refractivity contribution in [2.24, 2.45) is 0 Å². The van der Waals surface area contributed by atoms with E-state index in [2.05, 4.69) is 10.3 Å². The third-order valence-electron chi connectivity index (χ3n) is 2.73. The largest absolute Gasteiger partial charge is 0.375 e. The number of rotatable bonds is 4. The zero-order chi connectivity index (χ0) is 15.4. The normalized spacial score (nSPS) is 10.2. The van der Waals surface area contributed by atoms with E-state index in [4.69, 9.17) is 5.73 Å². The zero-order valence-corrected chi connectivity index (χ0v) is 12.6. The van der Waals surface area contributed by atoms with E-state index in [0.717, 1.165) is 0 Å². The molecule has 1 heterocycles. The number of carbonyl (C=O) groups excluding carboxylic acids is 2. The van der Waals surface area contributed by atoms with E-state index < -0.39 is 0 Å². The summed E-state index contributed by atoms with van der Waals surface area (Å²) in [6, 6.07) is 6.76. The minimum Gasteiger partial charge on any atom is -0.375 e. The summed E-state index contributed by atoms with van der Waals surface area (Å²) in [5.74, 6) is -0.252. The first kappa shape index (κ1) is 15.0. The number of aromatic nitrogens is 1. The van der Waals surface area contributed by atoms with Gasteiger partial charge in [-0.05, 0) is 24.3 Å². The maximum atomic E-state index is 11.9. The molecule has 0 aliphatic carbocycles. The second-order valence-corrected chi connectivity index (χ2v) is 5.57. The molecule has 0 fully saturated rings. The quantitative estimate of drug-likeness (QED) is 0.898. The van der Waals surface area contributed by atoms with Crippen LogP contribution in [0.3, 0.4) is 0 Å². The van der Waals surface area contributed by atoms with Crippen molar-refractivity contribution in [3.63, 3.8) is 0 Å². The fraction of sp³-hybridized carbons (Fsp3) is 0.214. The highest BCUT2D eigenvalue weighted by Gasteiger charge is 2.09. The van der Waals surface area contributed by atoms with Crippen LogP contribution in [0.25, 0.3) is 0 Å². The summed E-state index contributed by atoms with van der Waals surface area (Å²) in [7, 11) is 3.38.